The van der Waals surface area contributed by atoms with Gasteiger partial charge < -0.3 is 10.4 Å². The van der Waals surface area contributed by atoms with Crippen LogP contribution in [0.1, 0.15) is 48.0 Å². The van der Waals surface area contributed by atoms with Crippen LogP contribution in [0.15, 0.2) is 18.2 Å². The van der Waals surface area contributed by atoms with E-state index in [2.05, 4.69) is 5.32 Å². The summed E-state index contributed by atoms with van der Waals surface area (Å²) >= 11 is 5.92. The fraction of sp³-hybridized carbons (Fsp3) is 0.467. The van der Waals surface area contributed by atoms with Gasteiger partial charge in [-0.05, 0) is 37.5 Å². The lowest BCUT2D eigenvalue weighted by atomic mass is 9.92. The molecule has 1 saturated carbocycles. The van der Waals surface area contributed by atoms with E-state index >= 15 is 0 Å². The molecule has 5 heteroatoms. The molecule has 0 heterocycles. The number of carboxylic acid groups (broad SMARTS) is 1. The largest absolute Gasteiger partial charge is 0.481 e. The summed E-state index contributed by atoms with van der Waals surface area (Å²) in [5.74, 6) is -1.12. The number of aryl methyl sites for hydroxylation is 1. The second-order valence-electron chi connectivity index (χ2n) is 5.47. The normalized spacial score (nSPS) is 16.9. The zero-order chi connectivity index (χ0) is 14.8. The molecule has 2 N–H and O–H groups in total. The van der Waals surface area contributed by atoms with Crippen molar-refractivity contribution in [2.75, 3.05) is 0 Å². The van der Waals surface area contributed by atoms with E-state index < -0.39 is 11.5 Å². The van der Waals surface area contributed by atoms with Crippen LogP contribution in [-0.2, 0) is 4.79 Å². The Labute approximate surface area is 123 Å². The maximum absolute atomic E-state index is 12.4. The van der Waals surface area contributed by atoms with Gasteiger partial charge in [0.05, 0.1) is 12.0 Å². The molecule has 1 aliphatic rings. The van der Waals surface area contributed by atoms with Crippen LogP contribution >= 0.6 is 11.6 Å². The Morgan fingerprint density at radius 1 is 1.35 bits per heavy atom. The topological polar surface area (TPSA) is 66.4 Å². The van der Waals surface area contributed by atoms with Crippen LogP contribution in [0, 0.1) is 6.92 Å². The number of hydrogen-bond acceptors (Lipinski definition) is 2. The third kappa shape index (κ3) is 3.31. The van der Waals surface area contributed by atoms with Gasteiger partial charge in [0.2, 0.25) is 0 Å². The average molecular weight is 296 g/mol. The molecule has 1 aromatic rings. The molecule has 20 heavy (non-hydrogen) atoms. The molecule has 1 amide bonds. The summed E-state index contributed by atoms with van der Waals surface area (Å²) in [6, 6.07) is 5.14. The Hall–Kier alpha value is -1.55. The van der Waals surface area contributed by atoms with E-state index in [4.69, 9.17) is 16.7 Å². The number of hydrogen-bond donors (Lipinski definition) is 2. The monoisotopic (exact) mass is 295 g/mol. The summed E-state index contributed by atoms with van der Waals surface area (Å²) in [5.41, 5.74) is 0.724. The first-order valence-electron chi connectivity index (χ1n) is 6.72. The van der Waals surface area contributed by atoms with Gasteiger partial charge in [0.25, 0.3) is 5.91 Å². The molecular weight excluding hydrogens is 278 g/mol. The van der Waals surface area contributed by atoms with Gasteiger partial charge in [-0.25, -0.2) is 0 Å². The van der Waals surface area contributed by atoms with E-state index in [9.17, 15) is 9.59 Å². The Balaban J connectivity index is 2.20. The number of halogens is 1. The number of carboxylic acids is 1. The third-order valence-electron chi connectivity index (χ3n) is 3.87. The van der Waals surface area contributed by atoms with Gasteiger partial charge >= 0.3 is 5.97 Å². The predicted octanol–water partition coefficient (Wildman–Crippen LogP) is 3.17. The summed E-state index contributed by atoms with van der Waals surface area (Å²) in [7, 11) is 0. The first kappa shape index (κ1) is 14.9. The Morgan fingerprint density at radius 2 is 2.00 bits per heavy atom. The average Bonchev–Trinajstić information content (AvgIpc) is 2.79. The lowest BCUT2D eigenvalue weighted by Crippen LogP contribution is -2.48. The van der Waals surface area contributed by atoms with Gasteiger partial charge in [0.1, 0.15) is 0 Å². The molecule has 4 nitrogen and oxygen atoms in total. The van der Waals surface area contributed by atoms with Crippen LogP contribution in [0.5, 0.6) is 0 Å². The van der Waals surface area contributed by atoms with Crippen LogP contribution in [0.25, 0.3) is 0 Å². The SMILES string of the molecule is Cc1ccc(Cl)cc1C(=O)NC1(CC(=O)O)CCCC1. The standard InChI is InChI=1S/C15H18ClNO3/c1-10-4-5-11(16)8-12(10)14(20)17-15(9-13(18)19)6-2-3-7-15/h4-5,8H,2-3,6-7,9H2,1H3,(H,17,20)(H,18,19). The molecule has 0 aromatic heterocycles. The fourth-order valence-corrected chi connectivity index (χ4v) is 3.01. The van der Waals surface area contributed by atoms with Crippen molar-refractivity contribution in [3.8, 4) is 0 Å². The summed E-state index contributed by atoms with van der Waals surface area (Å²) in [6.45, 7) is 1.84. The van der Waals surface area contributed by atoms with Crippen molar-refractivity contribution >= 4 is 23.5 Å². The number of rotatable bonds is 4. The zero-order valence-electron chi connectivity index (χ0n) is 11.4. The number of carbonyl (C=O) groups excluding carboxylic acids is 1. The van der Waals surface area contributed by atoms with E-state index in [1.807, 2.05) is 6.92 Å². The summed E-state index contributed by atoms with van der Waals surface area (Å²) in [6.07, 6.45) is 3.29. The molecule has 0 radical (unpaired) electrons. The number of benzene rings is 1. The maximum atomic E-state index is 12.4. The van der Waals surface area contributed by atoms with Crippen LogP contribution < -0.4 is 5.32 Å². The lowest BCUT2D eigenvalue weighted by Gasteiger charge is -2.29. The van der Waals surface area contributed by atoms with Gasteiger partial charge in [-0.15, -0.1) is 0 Å². The molecule has 0 unspecified atom stereocenters. The van der Waals surface area contributed by atoms with E-state index in [1.165, 1.54) is 0 Å². The highest BCUT2D eigenvalue weighted by Gasteiger charge is 2.37. The molecule has 1 fully saturated rings. The molecule has 2 rings (SSSR count). The van der Waals surface area contributed by atoms with Crippen molar-refractivity contribution in [1.29, 1.82) is 0 Å². The van der Waals surface area contributed by atoms with Crippen LogP contribution in [0.3, 0.4) is 0 Å². The number of aliphatic carboxylic acids is 1. The van der Waals surface area contributed by atoms with Crippen molar-refractivity contribution in [3.05, 3.63) is 34.3 Å². The maximum Gasteiger partial charge on any atom is 0.305 e. The highest BCUT2D eigenvalue weighted by Crippen LogP contribution is 2.33. The molecular formula is C15H18ClNO3. The smallest absolute Gasteiger partial charge is 0.305 e. The minimum absolute atomic E-state index is 0.0294. The quantitative estimate of drug-likeness (QED) is 0.896. The molecule has 0 saturated heterocycles. The zero-order valence-corrected chi connectivity index (χ0v) is 12.2. The molecule has 0 bridgehead atoms. The van der Waals surface area contributed by atoms with Gasteiger partial charge in [0.15, 0.2) is 0 Å². The first-order valence-corrected chi connectivity index (χ1v) is 7.10. The predicted molar refractivity (Wildman–Crippen MR) is 77.1 cm³/mol. The van der Waals surface area contributed by atoms with E-state index in [0.717, 1.165) is 18.4 Å². The first-order chi connectivity index (χ1) is 9.42. The van der Waals surface area contributed by atoms with Crippen molar-refractivity contribution in [2.45, 2.75) is 44.6 Å². The van der Waals surface area contributed by atoms with Crippen molar-refractivity contribution in [1.82, 2.24) is 5.32 Å². The van der Waals surface area contributed by atoms with Crippen molar-refractivity contribution in [2.24, 2.45) is 0 Å². The molecule has 0 atom stereocenters. The highest BCUT2D eigenvalue weighted by atomic mass is 35.5. The second kappa shape index (κ2) is 5.83. The molecule has 1 aliphatic carbocycles. The third-order valence-corrected chi connectivity index (χ3v) is 4.11. The second-order valence-corrected chi connectivity index (χ2v) is 5.91. The number of carbonyl (C=O) groups is 2. The van der Waals surface area contributed by atoms with E-state index in [1.54, 1.807) is 18.2 Å². The van der Waals surface area contributed by atoms with Crippen molar-refractivity contribution < 1.29 is 14.7 Å². The molecule has 0 spiro atoms. The molecule has 108 valence electrons. The number of nitrogens with one attached hydrogen (secondary N) is 1. The van der Waals surface area contributed by atoms with Gasteiger partial charge in [-0.2, -0.15) is 0 Å². The Bertz CT molecular complexity index is 536. The summed E-state index contributed by atoms with van der Waals surface area (Å²) < 4.78 is 0. The minimum atomic E-state index is -0.880. The Kier molecular flexibility index (Phi) is 4.33. The number of amides is 1. The molecule has 1 aromatic carbocycles. The summed E-state index contributed by atoms with van der Waals surface area (Å²) in [4.78, 5) is 23.4. The molecule has 0 aliphatic heterocycles. The van der Waals surface area contributed by atoms with Crippen LogP contribution in [0.2, 0.25) is 5.02 Å². The van der Waals surface area contributed by atoms with Gasteiger partial charge in [0, 0.05) is 10.6 Å². The van der Waals surface area contributed by atoms with Crippen LogP contribution in [0.4, 0.5) is 0 Å². The summed E-state index contributed by atoms with van der Waals surface area (Å²) in [5, 5.41) is 12.5. The highest BCUT2D eigenvalue weighted by molar-refractivity contribution is 6.31. The fourth-order valence-electron chi connectivity index (χ4n) is 2.83. The van der Waals surface area contributed by atoms with Crippen LogP contribution in [-0.4, -0.2) is 22.5 Å². The van der Waals surface area contributed by atoms with Crippen molar-refractivity contribution in [3.63, 3.8) is 0 Å². The van der Waals surface area contributed by atoms with E-state index in [-0.39, 0.29) is 12.3 Å². The van der Waals surface area contributed by atoms with E-state index in [0.29, 0.717) is 23.4 Å². The Morgan fingerprint density at radius 3 is 2.60 bits per heavy atom. The van der Waals surface area contributed by atoms with Gasteiger partial charge in [-0.1, -0.05) is 30.5 Å². The van der Waals surface area contributed by atoms with Gasteiger partial charge in [-0.3, -0.25) is 9.59 Å². The lowest BCUT2D eigenvalue weighted by molar-refractivity contribution is -0.138. The minimum Gasteiger partial charge on any atom is -0.481 e.